The number of nitrogens with zero attached hydrogens (tertiary/aromatic N) is 4. The van der Waals surface area contributed by atoms with Gasteiger partial charge in [0.05, 0.1) is 25.4 Å². The molecule has 0 radical (unpaired) electrons. The lowest BCUT2D eigenvalue weighted by Crippen LogP contribution is -2.51. The van der Waals surface area contributed by atoms with Gasteiger partial charge < -0.3 is 14.8 Å². The number of methoxy groups -OCH3 is 2. The van der Waals surface area contributed by atoms with E-state index in [9.17, 15) is 9.59 Å². The van der Waals surface area contributed by atoms with Crippen LogP contribution in [0.1, 0.15) is 38.8 Å². The highest BCUT2D eigenvalue weighted by Crippen LogP contribution is 2.36. The molecule has 0 saturated carbocycles. The minimum Gasteiger partial charge on any atom is -0.493 e. The fraction of sp³-hybridized carbons (Fsp3) is 0.310. The number of hydrogen-bond acceptors (Lipinski definition) is 6. The molecule has 1 atom stereocenters. The number of rotatable bonds is 10. The van der Waals surface area contributed by atoms with Crippen LogP contribution in [0.25, 0.3) is 11.0 Å². The van der Waals surface area contributed by atoms with Crippen molar-refractivity contribution < 1.29 is 23.5 Å². The van der Waals surface area contributed by atoms with E-state index in [1.807, 2.05) is 32.9 Å². The molecule has 0 aliphatic rings. The number of carbonyl (C=O) groups is 2. The monoisotopic (exact) mass is 533 g/mol. The number of aromatic nitrogens is 3. The Morgan fingerprint density at radius 1 is 1.03 bits per heavy atom. The van der Waals surface area contributed by atoms with E-state index in [0.717, 1.165) is 0 Å². The SMILES string of the molecule is CCC(C)(C)NC(=O)[C@@H](c1ccc(OC)c(OC)c1)N(C(=O)Cn1nnc2ccccc21)c1ccccc1F. The molecular formula is C29H32FN5O4. The molecule has 9 nitrogen and oxygen atoms in total. The summed E-state index contributed by atoms with van der Waals surface area (Å²) in [5.74, 6) is -0.866. The zero-order valence-electron chi connectivity index (χ0n) is 22.6. The molecule has 0 fully saturated rings. The van der Waals surface area contributed by atoms with Crippen LogP contribution >= 0.6 is 0 Å². The number of fused-ring (bicyclic) bond motifs is 1. The lowest BCUT2D eigenvalue weighted by atomic mass is 9.97. The molecular weight excluding hydrogens is 501 g/mol. The molecule has 10 heteroatoms. The average Bonchev–Trinajstić information content (AvgIpc) is 3.34. The van der Waals surface area contributed by atoms with Crippen LogP contribution in [0.3, 0.4) is 0 Å². The zero-order chi connectivity index (χ0) is 28.2. The van der Waals surface area contributed by atoms with Crippen LogP contribution in [0.5, 0.6) is 11.5 Å². The number of hydrogen-bond donors (Lipinski definition) is 1. The number of nitrogens with one attached hydrogen (secondary N) is 1. The number of halogens is 1. The van der Waals surface area contributed by atoms with Crippen LogP contribution in [0.15, 0.2) is 66.7 Å². The first-order chi connectivity index (χ1) is 18.7. The molecule has 0 bridgehead atoms. The van der Waals surface area contributed by atoms with Gasteiger partial charge in [-0.05, 0) is 62.2 Å². The molecule has 4 aromatic rings. The van der Waals surface area contributed by atoms with E-state index in [-0.39, 0.29) is 12.2 Å². The van der Waals surface area contributed by atoms with Gasteiger partial charge in [0.25, 0.3) is 0 Å². The topological polar surface area (TPSA) is 98.6 Å². The number of anilines is 1. The third-order valence-corrected chi connectivity index (χ3v) is 6.66. The third kappa shape index (κ3) is 5.84. The van der Waals surface area contributed by atoms with Crippen LogP contribution in [-0.2, 0) is 16.1 Å². The highest BCUT2D eigenvalue weighted by atomic mass is 19.1. The number of para-hydroxylation sites is 2. The smallest absolute Gasteiger partial charge is 0.249 e. The first-order valence-corrected chi connectivity index (χ1v) is 12.6. The van der Waals surface area contributed by atoms with Crippen molar-refractivity contribution in [3.8, 4) is 11.5 Å². The van der Waals surface area contributed by atoms with E-state index in [4.69, 9.17) is 9.47 Å². The predicted octanol–water partition coefficient (Wildman–Crippen LogP) is 4.67. The molecule has 1 aromatic heterocycles. The fourth-order valence-corrected chi connectivity index (χ4v) is 4.23. The molecule has 4 rings (SSSR count). The molecule has 3 aromatic carbocycles. The Bertz CT molecular complexity index is 1490. The normalized spacial score (nSPS) is 12.2. The van der Waals surface area contributed by atoms with Gasteiger partial charge in [0.15, 0.2) is 11.5 Å². The minimum absolute atomic E-state index is 0.0452. The molecule has 0 spiro atoms. The summed E-state index contributed by atoms with van der Waals surface area (Å²) < 4.78 is 27.6. The van der Waals surface area contributed by atoms with Gasteiger partial charge in [-0.2, -0.15) is 0 Å². The van der Waals surface area contributed by atoms with E-state index in [0.29, 0.717) is 34.5 Å². The van der Waals surface area contributed by atoms with Crippen LogP contribution in [0, 0.1) is 5.82 Å². The second-order valence-electron chi connectivity index (χ2n) is 9.69. The average molecular weight is 534 g/mol. The number of carbonyl (C=O) groups excluding carboxylic acids is 2. The van der Waals surface area contributed by atoms with Crippen molar-refractivity contribution in [2.45, 2.75) is 45.3 Å². The summed E-state index contributed by atoms with van der Waals surface area (Å²) in [4.78, 5) is 29.2. The standard InChI is InChI=1S/C29H32FN5O4/c1-6-29(2,3)31-28(37)27(19-15-16-24(38-4)25(17-19)39-5)35(22-13-9-7-11-20(22)30)26(36)18-34-23-14-10-8-12-21(23)32-33-34/h7-17,27H,6,18H2,1-5H3,(H,31,37)/t27-/m1/s1. The van der Waals surface area contributed by atoms with Gasteiger partial charge in [0, 0.05) is 5.54 Å². The van der Waals surface area contributed by atoms with Crippen molar-refractivity contribution in [1.29, 1.82) is 0 Å². The second-order valence-corrected chi connectivity index (χ2v) is 9.69. The van der Waals surface area contributed by atoms with Crippen LogP contribution in [0.2, 0.25) is 0 Å². The maximum Gasteiger partial charge on any atom is 0.249 e. The van der Waals surface area contributed by atoms with Crippen LogP contribution in [-0.4, -0.2) is 46.6 Å². The van der Waals surface area contributed by atoms with Crippen molar-refractivity contribution in [2.24, 2.45) is 0 Å². The van der Waals surface area contributed by atoms with Gasteiger partial charge in [-0.3, -0.25) is 14.5 Å². The Labute approximate surface area is 226 Å². The van der Waals surface area contributed by atoms with Crippen molar-refractivity contribution in [1.82, 2.24) is 20.3 Å². The van der Waals surface area contributed by atoms with E-state index in [2.05, 4.69) is 15.6 Å². The number of ether oxygens (including phenoxy) is 2. The van der Waals surface area contributed by atoms with Crippen molar-refractivity contribution in [3.63, 3.8) is 0 Å². The summed E-state index contributed by atoms with van der Waals surface area (Å²) in [6, 6.07) is 16.8. The quantitative estimate of drug-likeness (QED) is 0.318. The Balaban J connectivity index is 1.88. The highest BCUT2D eigenvalue weighted by molar-refractivity contribution is 6.02. The summed E-state index contributed by atoms with van der Waals surface area (Å²) in [6.07, 6.45) is 0.635. The fourth-order valence-electron chi connectivity index (χ4n) is 4.23. The molecule has 0 aliphatic carbocycles. The van der Waals surface area contributed by atoms with Gasteiger partial charge in [-0.25, -0.2) is 9.07 Å². The molecule has 39 heavy (non-hydrogen) atoms. The summed E-state index contributed by atoms with van der Waals surface area (Å²) >= 11 is 0. The molecule has 1 heterocycles. The summed E-state index contributed by atoms with van der Waals surface area (Å²) in [5, 5.41) is 11.3. The van der Waals surface area contributed by atoms with Gasteiger partial charge in [0.1, 0.15) is 23.9 Å². The summed E-state index contributed by atoms with van der Waals surface area (Å²) in [6.45, 7) is 5.44. The molecule has 1 N–H and O–H groups in total. The minimum atomic E-state index is -1.24. The lowest BCUT2D eigenvalue weighted by Gasteiger charge is -2.35. The Kier molecular flexibility index (Phi) is 8.13. The molecule has 0 aliphatic heterocycles. The third-order valence-electron chi connectivity index (χ3n) is 6.66. The number of benzene rings is 3. The first kappa shape index (κ1) is 27.6. The van der Waals surface area contributed by atoms with Crippen LogP contribution in [0.4, 0.5) is 10.1 Å². The van der Waals surface area contributed by atoms with Gasteiger partial charge in [-0.15, -0.1) is 5.10 Å². The zero-order valence-corrected chi connectivity index (χ0v) is 22.6. The van der Waals surface area contributed by atoms with E-state index < -0.39 is 29.2 Å². The van der Waals surface area contributed by atoms with Crippen LogP contribution < -0.4 is 19.7 Å². The summed E-state index contributed by atoms with van der Waals surface area (Å²) in [5.41, 5.74) is 1.03. The van der Waals surface area contributed by atoms with E-state index >= 15 is 4.39 Å². The Hall–Kier alpha value is -4.47. The maximum atomic E-state index is 15.3. The lowest BCUT2D eigenvalue weighted by molar-refractivity contribution is -0.128. The molecule has 204 valence electrons. The highest BCUT2D eigenvalue weighted by Gasteiger charge is 2.37. The molecule has 0 unspecified atom stereocenters. The van der Waals surface area contributed by atoms with Gasteiger partial charge in [-0.1, -0.05) is 42.5 Å². The number of amides is 2. The Morgan fingerprint density at radius 2 is 1.72 bits per heavy atom. The maximum absolute atomic E-state index is 15.3. The van der Waals surface area contributed by atoms with Crippen molar-refractivity contribution >= 4 is 28.5 Å². The second kappa shape index (κ2) is 11.5. The largest absolute Gasteiger partial charge is 0.493 e. The van der Waals surface area contributed by atoms with E-state index in [1.54, 1.807) is 36.4 Å². The van der Waals surface area contributed by atoms with Gasteiger partial charge in [0.2, 0.25) is 11.8 Å². The van der Waals surface area contributed by atoms with E-state index in [1.165, 1.54) is 42.0 Å². The van der Waals surface area contributed by atoms with Crippen molar-refractivity contribution in [3.05, 3.63) is 78.1 Å². The van der Waals surface area contributed by atoms with Gasteiger partial charge >= 0.3 is 0 Å². The van der Waals surface area contributed by atoms with Crippen molar-refractivity contribution in [2.75, 3.05) is 19.1 Å². The molecule has 0 saturated heterocycles. The predicted molar refractivity (Wildman–Crippen MR) is 146 cm³/mol. The first-order valence-electron chi connectivity index (χ1n) is 12.6. The Morgan fingerprint density at radius 3 is 2.41 bits per heavy atom. The molecule has 2 amide bonds. The summed E-state index contributed by atoms with van der Waals surface area (Å²) in [7, 11) is 2.98.